The van der Waals surface area contributed by atoms with E-state index in [9.17, 15) is 4.79 Å². The Balaban J connectivity index is 1.67. The molecular formula is C18H16ClNO4S. The summed E-state index contributed by atoms with van der Waals surface area (Å²) in [7, 11) is 0. The van der Waals surface area contributed by atoms with Crippen molar-refractivity contribution in [1.82, 2.24) is 4.98 Å². The van der Waals surface area contributed by atoms with Crippen molar-refractivity contribution >= 4 is 28.9 Å². The standard InChI is InChI=1S/C18H16ClNO4S/c1-10(18(21)22)12-3-5-13(6-4-12)23-9-14-11(2)24-17(20-14)15-7-8-16(19)25-15/h3-8,10H,9H2,1-2H3,(H,21,22). The van der Waals surface area contributed by atoms with Gasteiger partial charge in [0, 0.05) is 0 Å². The molecule has 3 rings (SSSR count). The van der Waals surface area contributed by atoms with Crippen LogP contribution in [0.3, 0.4) is 0 Å². The molecule has 0 bridgehead atoms. The van der Waals surface area contributed by atoms with Crippen LogP contribution in [0.1, 0.15) is 29.9 Å². The van der Waals surface area contributed by atoms with E-state index < -0.39 is 11.9 Å². The van der Waals surface area contributed by atoms with Crippen molar-refractivity contribution in [3.05, 3.63) is 57.8 Å². The largest absolute Gasteiger partial charge is 0.487 e. The zero-order valence-corrected chi connectivity index (χ0v) is 15.2. The number of benzene rings is 1. The van der Waals surface area contributed by atoms with Crippen LogP contribution < -0.4 is 4.74 Å². The molecule has 7 heteroatoms. The molecule has 0 radical (unpaired) electrons. The summed E-state index contributed by atoms with van der Waals surface area (Å²) >= 11 is 7.34. The van der Waals surface area contributed by atoms with Crippen molar-refractivity contribution in [3.63, 3.8) is 0 Å². The molecular weight excluding hydrogens is 362 g/mol. The highest BCUT2D eigenvalue weighted by atomic mass is 35.5. The number of aromatic nitrogens is 1. The fourth-order valence-electron chi connectivity index (χ4n) is 2.24. The predicted molar refractivity (Wildman–Crippen MR) is 96.4 cm³/mol. The summed E-state index contributed by atoms with van der Waals surface area (Å²) in [5.74, 6) is 0.457. The highest BCUT2D eigenvalue weighted by Crippen LogP contribution is 2.31. The minimum absolute atomic E-state index is 0.266. The molecule has 1 N–H and O–H groups in total. The molecule has 0 aliphatic carbocycles. The van der Waals surface area contributed by atoms with Crippen LogP contribution in [0.2, 0.25) is 4.34 Å². The van der Waals surface area contributed by atoms with Crippen molar-refractivity contribution in [3.8, 4) is 16.5 Å². The first kappa shape index (κ1) is 17.5. The molecule has 0 aliphatic heterocycles. The topological polar surface area (TPSA) is 72.6 Å². The number of carboxylic acids is 1. The molecule has 0 saturated heterocycles. The van der Waals surface area contributed by atoms with E-state index in [-0.39, 0.29) is 6.61 Å². The Hall–Kier alpha value is -2.31. The van der Waals surface area contributed by atoms with E-state index in [1.54, 1.807) is 37.3 Å². The summed E-state index contributed by atoms with van der Waals surface area (Å²) in [5.41, 5.74) is 1.44. The van der Waals surface area contributed by atoms with E-state index in [0.717, 1.165) is 10.4 Å². The first-order valence-electron chi connectivity index (χ1n) is 7.61. The summed E-state index contributed by atoms with van der Waals surface area (Å²) in [6.45, 7) is 3.75. The van der Waals surface area contributed by atoms with Crippen molar-refractivity contribution in [2.45, 2.75) is 26.4 Å². The number of aryl methyl sites for hydroxylation is 1. The third-order valence-electron chi connectivity index (χ3n) is 3.80. The Kier molecular flexibility index (Phi) is 5.11. The van der Waals surface area contributed by atoms with Gasteiger partial charge in [0.25, 0.3) is 0 Å². The summed E-state index contributed by atoms with van der Waals surface area (Å²) in [4.78, 5) is 16.3. The Morgan fingerprint density at radius 3 is 2.64 bits per heavy atom. The van der Waals surface area contributed by atoms with Gasteiger partial charge in [-0.3, -0.25) is 4.79 Å². The fourth-order valence-corrected chi connectivity index (χ4v) is 3.21. The number of halogens is 1. The van der Waals surface area contributed by atoms with Crippen LogP contribution >= 0.6 is 22.9 Å². The number of hydrogen-bond donors (Lipinski definition) is 1. The van der Waals surface area contributed by atoms with E-state index in [1.807, 2.05) is 13.0 Å². The molecule has 0 fully saturated rings. The van der Waals surface area contributed by atoms with Crippen molar-refractivity contribution < 1.29 is 19.1 Å². The molecule has 0 saturated carbocycles. The predicted octanol–water partition coefficient (Wildman–Crippen LogP) is 5.13. The number of rotatable bonds is 6. The summed E-state index contributed by atoms with van der Waals surface area (Å²) in [5, 5.41) is 9.03. The van der Waals surface area contributed by atoms with Gasteiger partial charge < -0.3 is 14.3 Å². The number of hydrogen-bond acceptors (Lipinski definition) is 5. The molecule has 25 heavy (non-hydrogen) atoms. The van der Waals surface area contributed by atoms with Gasteiger partial charge in [-0.15, -0.1) is 11.3 Å². The number of aliphatic carboxylic acids is 1. The second-order valence-corrected chi connectivity index (χ2v) is 7.26. The second kappa shape index (κ2) is 7.29. The zero-order valence-electron chi connectivity index (χ0n) is 13.7. The molecule has 3 aromatic rings. The SMILES string of the molecule is Cc1oc(-c2ccc(Cl)s2)nc1COc1ccc(C(C)C(=O)O)cc1. The number of nitrogens with zero attached hydrogens (tertiary/aromatic N) is 1. The molecule has 1 aromatic carbocycles. The van der Waals surface area contributed by atoms with Gasteiger partial charge in [-0.05, 0) is 43.7 Å². The zero-order chi connectivity index (χ0) is 18.0. The molecule has 0 spiro atoms. The van der Waals surface area contributed by atoms with E-state index in [0.29, 0.717) is 27.4 Å². The Morgan fingerprint density at radius 2 is 2.04 bits per heavy atom. The van der Waals surface area contributed by atoms with Gasteiger partial charge in [0.15, 0.2) is 0 Å². The van der Waals surface area contributed by atoms with Crippen molar-refractivity contribution in [2.24, 2.45) is 0 Å². The van der Waals surface area contributed by atoms with E-state index in [1.165, 1.54) is 11.3 Å². The highest BCUT2D eigenvalue weighted by Gasteiger charge is 2.15. The number of carbonyl (C=O) groups is 1. The average Bonchev–Trinajstić information content (AvgIpc) is 3.18. The van der Waals surface area contributed by atoms with Crippen molar-refractivity contribution in [2.75, 3.05) is 0 Å². The van der Waals surface area contributed by atoms with Crippen molar-refractivity contribution in [1.29, 1.82) is 0 Å². The average molecular weight is 378 g/mol. The number of ether oxygens (including phenoxy) is 1. The molecule has 1 unspecified atom stereocenters. The molecule has 5 nitrogen and oxygen atoms in total. The van der Waals surface area contributed by atoms with Gasteiger partial charge in [-0.2, -0.15) is 0 Å². The molecule has 130 valence electrons. The van der Waals surface area contributed by atoms with E-state index in [4.69, 9.17) is 25.9 Å². The molecule has 0 aliphatic rings. The summed E-state index contributed by atoms with van der Waals surface area (Å²) in [6, 6.07) is 10.7. The maximum Gasteiger partial charge on any atom is 0.310 e. The van der Waals surface area contributed by atoms with E-state index >= 15 is 0 Å². The molecule has 2 heterocycles. The molecule has 0 amide bonds. The van der Waals surface area contributed by atoms with Crippen LogP contribution in [-0.4, -0.2) is 16.1 Å². The van der Waals surface area contributed by atoms with Crippen LogP contribution in [0.15, 0.2) is 40.8 Å². The Bertz CT molecular complexity index is 885. The summed E-state index contributed by atoms with van der Waals surface area (Å²) < 4.78 is 12.1. The van der Waals surface area contributed by atoms with Gasteiger partial charge in [-0.1, -0.05) is 23.7 Å². The minimum atomic E-state index is -0.854. The normalized spacial score (nSPS) is 12.1. The lowest BCUT2D eigenvalue weighted by molar-refractivity contribution is -0.138. The maximum atomic E-state index is 11.0. The Morgan fingerprint density at radius 1 is 1.32 bits per heavy atom. The molecule has 2 aromatic heterocycles. The molecule has 1 atom stereocenters. The second-order valence-electron chi connectivity index (χ2n) is 5.54. The van der Waals surface area contributed by atoms with Gasteiger partial charge in [0.1, 0.15) is 23.8 Å². The quantitative estimate of drug-likeness (QED) is 0.644. The first-order chi connectivity index (χ1) is 11.9. The van der Waals surface area contributed by atoms with Gasteiger partial charge in [0.05, 0.1) is 15.1 Å². The Labute approximate surface area is 153 Å². The van der Waals surface area contributed by atoms with Crippen LogP contribution in [0.5, 0.6) is 5.75 Å². The van der Waals surface area contributed by atoms with Crippen LogP contribution in [0.25, 0.3) is 10.8 Å². The minimum Gasteiger partial charge on any atom is -0.487 e. The highest BCUT2D eigenvalue weighted by molar-refractivity contribution is 7.19. The number of thiophene rings is 1. The van der Waals surface area contributed by atoms with Gasteiger partial charge in [-0.25, -0.2) is 4.98 Å². The fraction of sp³-hybridized carbons (Fsp3) is 0.222. The first-order valence-corrected chi connectivity index (χ1v) is 8.81. The monoisotopic (exact) mass is 377 g/mol. The smallest absolute Gasteiger partial charge is 0.310 e. The van der Waals surface area contributed by atoms with E-state index in [2.05, 4.69) is 4.98 Å². The number of carboxylic acid groups (broad SMARTS) is 1. The van der Waals surface area contributed by atoms with Gasteiger partial charge >= 0.3 is 5.97 Å². The van der Waals surface area contributed by atoms with Gasteiger partial charge in [0.2, 0.25) is 5.89 Å². The van der Waals surface area contributed by atoms with Crippen LogP contribution in [0, 0.1) is 6.92 Å². The third-order valence-corrected chi connectivity index (χ3v) is 5.02. The lowest BCUT2D eigenvalue weighted by Gasteiger charge is -2.08. The lowest BCUT2D eigenvalue weighted by Crippen LogP contribution is -2.07. The third kappa shape index (κ3) is 4.03. The lowest BCUT2D eigenvalue weighted by atomic mass is 10.0. The summed E-state index contributed by atoms with van der Waals surface area (Å²) in [6.07, 6.45) is 0. The van der Waals surface area contributed by atoms with Crippen LogP contribution in [0.4, 0.5) is 0 Å². The van der Waals surface area contributed by atoms with Crippen LogP contribution in [-0.2, 0) is 11.4 Å². The maximum absolute atomic E-state index is 11.0. The number of oxazole rings is 1.